The van der Waals surface area contributed by atoms with Crippen LogP contribution in [-0.2, 0) is 11.2 Å². The molecular weight excluding hydrogens is 354 g/mol. The van der Waals surface area contributed by atoms with Crippen molar-refractivity contribution in [1.82, 2.24) is 0 Å². The summed E-state index contributed by atoms with van der Waals surface area (Å²) < 4.78 is 16.5. The van der Waals surface area contributed by atoms with E-state index >= 15 is 0 Å². The van der Waals surface area contributed by atoms with Crippen molar-refractivity contribution in [2.75, 3.05) is 25.6 Å². The predicted molar refractivity (Wildman–Crippen MR) is 109 cm³/mol. The van der Waals surface area contributed by atoms with Crippen LogP contribution >= 0.6 is 0 Å². The zero-order valence-corrected chi connectivity index (χ0v) is 15.8. The smallest absolute Gasteiger partial charge is 0.228 e. The van der Waals surface area contributed by atoms with Gasteiger partial charge in [-0.1, -0.05) is 42.5 Å². The molecule has 1 amide bonds. The van der Waals surface area contributed by atoms with Crippen LogP contribution in [0.2, 0.25) is 0 Å². The lowest BCUT2D eigenvalue weighted by molar-refractivity contribution is -0.115. The van der Waals surface area contributed by atoms with Gasteiger partial charge in [-0.2, -0.15) is 0 Å². The molecule has 0 bridgehead atoms. The Labute approximate surface area is 164 Å². The molecule has 0 aliphatic heterocycles. The van der Waals surface area contributed by atoms with E-state index in [1.165, 1.54) is 0 Å². The van der Waals surface area contributed by atoms with E-state index in [9.17, 15) is 4.79 Å². The number of amides is 1. The lowest BCUT2D eigenvalue weighted by atomic mass is 10.1. The first kappa shape index (κ1) is 19.3. The lowest BCUT2D eigenvalue weighted by Crippen LogP contribution is -2.16. The van der Waals surface area contributed by atoms with Crippen LogP contribution < -0.4 is 19.5 Å². The number of rotatable bonds is 9. The minimum absolute atomic E-state index is 0.109. The minimum Gasteiger partial charge on any atom is -0.497 e. The van der Waals surface area contributed by atoms with Crippen molar-refractivity contribution >= 4 is 11.6 Å². The molecule has 3 aromatic rings. The molecule has 5 nitrogen and oxygen atoms in total. The van der Waals surface area contributed by atoms with E-state index < -0.39 is 0 Å². The number of carbonyl (C=O) groups excluding carboxylic acids is 1. The maximum absolute atomic E-state index is 12.4. The van der Waals surface area contributed by atoms with E-state index in [1.807, 2.05) is 78.9 Å². The summed E-state index contributed by atoms with van der Waals surface area (Å²) in [7, 11) is 1.61. The Balaban J connectivity index is 1.51. The van der Waals surface area contributed by atoms with Crippen LogP contribution in [-0.4, -0.2) is 26.2 Å². The van der Waals surface area contributed by atoms with Crippen LogP contribution in [0.1, 0.15) is 5.56 Å². The van der Waals surface area contributed by atoms with Gasteiger partial charge in [0.25, 0.3) is 0 Å². The molecule has 0 saturated carbocycles. The highest BCUT2D eigenvalue weighted by atomic mass is 16.5. The number of hydrogen-bond acceptors (Lipinski definition) is 4. The predicted octanol–water partition coefficient (Wildman–Crippen LogP) is 4.33. The third-order valence-corrected chi connectivity index (χ3v) is 4.04. The number of para-hydroxylation sites is 3. The maximum atomic E-state index is 12.4. The molecule has 0 unspecified atom stereocenters. The van der Waals surface area contributed by atoms with Crippen molar-refractivity contribution in [3.05, 3.63) is 84.4 Å². The van der Waals surface area contributed by atoms with Gasteiger partial charge in [0, 0.05) is 0 Å². The van der Waals surface area contributed by atoms with Gasteiger partial charge in [0.05, 0.1) is 19.2 Å². The van der Waals surface area contributed by atoms with Crippen molar-refractivity contribution in [2.45, 2.75) is 6.42 Å². The fraction of sp³-hybridized carbons (Fsp3) is 0.174. The van der Waals surface area contributed by atoms with Crippen LogP contribution in [0.5, 0.6) is 17.2 Å². The average molecular weight is 377 g/mol. The molecule has 0 aromatic heterocycles. The topological polar surface area (TPSA) is 56.8 Å². The highest BCUT2D eigenvalue weighted by Crippen LogP contribution is 2.24. The number of benzene rings is 3. The zero-order valence-electron chi connectivity index (χ0n) is 15.8. The fourth-order valence-corrected chi connectivity index (χ4v) is 2.65. The summed E-state index contributed by atoms with van der Waals surface area (Å²) in [6.07, 6.45) is 0.273. The SMILES string of the molecule is COc1ccc(CC(=O)Nc2ccccc2OCCOc2ccccc2)cc1. The Morgan fingerprint density at radius 1 is 0.786 bits per heavy atom. The monoisotopic (exact) mass is 377 g/mol. The maximum Gasteiger partial charge on any atom is 0.228 e. The first-order chi connectivity index (χ1) is 13.7. The van der Waals surface area contributed by atoms with Gasteiger partial charge in [-0.05, 0) is 42.0 Å². The van der Waals surface area contributed by atoms with Crippen LogP contribution in [0.4, 0.5) is 5.69 Å². The van der Waals surface area contributed by atoms with E-state index in [2.05, 4.69) is 5.32 Å². The molecule has 0 aliphatic rings. The summed E-state index contributed by atoms with van der Waals surface area (Å²) in [6.45, 7) is 0.790. The van der Waals surface area contributed by atoms with E-state index in [0.29, 0.717) is 24.7 Å². The number of ether oxygens (including phenoxy) is 3. The fourth-order valence-electron chi connectivity index (χ4n) is 2.65. The molecule has 0 fully saturated rings. The number of nitrogens with one attached hydrogen (secondary N) is 1. The summed E-state index contributed by atoms with van der Waals surface area (Å²) in [4.78, 5) is 12.4. The van der Waals surface area contributed by atoms with Crippen LogP contribution in [0.3, 0.4) is 0 Å². The molecule has 1 N–H and O–H groups in total. The number of hydrogen-bond donors (Lipinski definition) is 1. The van der Waals surface area contributed by atoms with Crippen molar-refractivity contribution < 1.29 is 19.0 Å². The molecule has 28 heavy (non-hydrogen) atoms. The Morgan fingerprint density at radius 3 is 2.21 bits per heavy atom. The van der Waals surface area contributed by atoms with Crippen molar-refractivity contribution in [2.24, 2.45) is 0 Å². The molecule has 3 rings (SSSR count). The first-order valence-corrected chi connectivity index (χ1v) is 9.07. The Kier molecular flexibility index (Phi) is 6.90. The highest BCUT2D eigenvalue weighted by molar-refractivity contribution is 5.93. The molecule has 0 saturated heterocycles. The van der Waals surface area contributed by atoms with Gasteiger partial charge < -0.3 is 19.5 Å². The minimum atomic E-state index is -0.109. The van der Waals surface area contributed by atoms with Gasteiger partial charge in [0.2, 0.25) is 5.91 Å². The summed E-state index contributed by atoms with van der Waals surface area (Å²) in [5.41, 5.74) is 1.55. The van der Waals surface area contributed by atoms with Crippen molar-refractivity contribution in [3.63, 3.8) is 0 Å². The van der Waals surface area contributed by atoms with Gasteiger partial charge in [-0.3, -0.25) is 4.79 Å². The van der Waals surface area contributed by atoms with E-state index in [-0.39, 0.29) is 12.3 Å². The summed E-state index contributed by atoms with van der Waals surface area (Å²) in [6, 6.07) is 24.4. The largest absolute Gasteiger partial charge is 0.497 e. The summed E-state index contributed by atoms with van der Waals surface area (Å²) in [5.74, 6) is 2.07. The molecule has 0 radical (unpaired) electrons. The molecule has 3 aromatic carbocycles. The second-order valence-electron chi connectivity index (χ2n) is 6.08. The Morgan fingerprint density at radius 2 is 1.46 bits per heavy atom. The third-order valence-electron chi connectivity index (χ3n) is 4.04. The van der Waals surface area contributed by atoms with Crippen LogP contribution in [0.25, 0.3) is 0 Å². The normalized spacial score (nSPS) is 10.2. The van der Waals surface area contributed by atoms with Crippen LogP contribution in [0, 0.1) is 0 Å². The highest BCUT2D eigenvalue weighted by Gasteiger charge is 2.09. The van der Waals surface area contributed by atoms with E-state index in [1.54, 1.807) is 7.11 Å². The standard InChI is InChI=1S/C23H23NO4/c1-26-19-13-11-18(12-14-19)17-23(25)24-21-9-5-6-10-22(21)28-16-15-27-20-7-3-2-4-8-20/h2-14H,15-17H2,1H3,(H,24,25). The van der Waals surface area contributed by atoms with Gasteiger partial charge in [0.1, 0.15) is 30.5 Å². The number of carbonyl (C=O) groups is 1. The molecule has 5 heteroatoms. The van der Waals surface area contributed by atoms with Crippen LogP contribution in [0.15, 0.2) is 78.9 Å². The zero-order chi connectivity index (χ0) is 19.6. The molecule has 0 spiro atoms. The number of methoxy groups -OCH3 is 1. The third kappa shape index (κ3) is 5.77. The molecule has 144 valence electrons. The van der Waals surface area contributed by atoms with Gasteiger partial charge in [-0.25, -0.2) is 0 Å². The second kappa shape index (κ2) is 10.0. The van der Waals surface area contributed by atoms with E-state index in [0.717, 1.165) is 17.1 Å². The second-order valence-corrected chi connectivity index (χ2v) is 6.08. The summed E-state index contributed by atoms with van der Waals surface area (Å²) >= 11 is 0. The lowest BCUT2D eigenvalue weighted by Gasteiger charge is -2.13. The van der Waals surface area contributed by atoms with Gasteiger partial charge in [0.15, 0.2) is 0 Å². The van der Waals surface area contributed by atoms with E-state index in [4.69, 9.17) is 14.2 Å². The molecular formula is C23H23NO4. The van der Waals surface area contributed by atoms with Gasteiger partial charge >= 0.3 is 0 Å². The van der Waals surface area contributed by atoms with Crippen molar-refractivity contribution in [1.29, 1.82) is 0 Å². The first-order valence-electron chi connectivity index (χ1n) is 9.07. The average Bonchev–Trinajstić information content (AvgIpc) is 2.73. The molecule has 0 atom stereocenters. The number of anilines is 1. The molecule has 0 aliphatic carbocycles. The summed E-state index contributed by atoms with van der Waals surface area (Å²) in [5, 5.41) is 2.91. The quantitative estimate of drug-likeness (QED) is 0.564. The van der Waals surface area contributed by atoms with Crippen molar-refractivity contribution in [3.8, 4) is 17.2 Å². The Bertz CT molecular complexity index is 879. The molecule has 0 heterocycles. The Hall–Kier alpha value is -3.47. The van der Waals surface area contributed by atoms with Gasteiger partial charge in [-0.15, -0.1) is 0 Å².